The molecule has 0 rings (SSSR count). The Balaban J connectivity index is 3.35. The van der Waals surface area contributed by atoms with Crippen LogP contribution < -0.4 is 0 Å². The van der Waals surface area contributed by atoms with Crippen molar-refractivity contribution in [2.45, 2.75) is 142 Å². The number of hydrogen-bond donors (Lipinski definition) is 0. The van der Waals surface area contributed by atoms with Gasteiger partial charge in [0.25, 0.3) is 0 Å². The van der Waals surface area contributed by atoms with Crippen LogP contribution in [0.25, 0.3) is 0 Å². The largest absolute Gasteiger partial charge is 0.460 e. The lowest BCUT2D eigenvalue weighted by atomic mass is 10.1. The molecule has 0 heterocycles. The lowest BCUT2D eigenvalue weighted by Crippen LogP contribution is -2.11. The molecule has 0 aliphatic heterocycles. The molecular weight excluding hydrogens is 480 g/mol. The molecule has 0 N–H and O–H groups in total. The molecule has 224 valence electrons. The van der Waals surface area contributed by atoms with Crippen molar-refractivity contribution in [2.24, 2.45) is 0 Å². The van der Waals surface area contributed by atoms with Crippen molar-refractivity contribution in [2.75, 3.05) is 39.6 Å². The Kier molecular flexibility index (Phi) is 30.6. The zero-order chi connectivity index (χ0) is 27.8. The van der Waals surface area contributed by atoms with Crippen molar-refractivity contribution in [3.05, 3.63) is 12.2 Å². The second-order valence-electron chi connectivity index (χ2n) is 10.3. The summed E-state index contributed by atoms with van der Waals surface area (Å²) in [6, 6.07) is 0. The van der Waals surface area contributed by atoms with Gasteiger partial charge in [-0.05, 0) is 12.8 Å². The van der Waals surface area contributed by atoms with E-state index >= 15 is 0 Å². The number of esters is 2. The van der Waals surface area contributed by atoms with Crippen molar-refractivity contribution in [1.29, 1.82) is 0 Å². The van der Waals surface area contributed by atoms with Crippen molar-refractivity contribution in [1.82, 2.24) is 0 Å². The number of carbonyl (C=O) groups is 2. The normalized spacial score (nSPS) is 11.3. The second kappa shape index (κ2) is 31.8. The Morgan fingerprint density at radius 3 is 1.00 bits per heavy atom. The summed E-state index contributed by atoms with van der Waals surface area (Å²) in [5.74, 6) is -1.14. The smallest absolute Gasteiger partial charge is 0.331 e. The summed E-state index contributed by atoms with van der Waals surface area (Å²) in [7, 11) is 0. The van der Waals surface area contributed by atoms with Gasteiger partial charge in [0.15, 0.2) is 0 Å². The first-order valence-corrected chi connectivity index (χ1v) is 15.9. The molecule has 0 saturated heterocycles. The number of hydrogen-bond acceptors (Lipinski definition) is 6. The molecule has 0 spiro atoms. The molecule has 0 aliphatic carbocycles. The van der Waals surface area contributed by atoms with Crippen LogP contribution in [0.2, 0.25) is 0 Å². The highest BCUT2D eigenvalue weighted by atomic mass is 16.6. The minimum Gasteiger partial charge on any atom is -0.460 e. The fourth-order valence-electron chi connectivity index (χ4n) is 4.22. The van der Waals surface area contributed by atoms with Gasteiger partial charge in [0.1, 0.15) is 13.2 Å². The van der Waals surface area contributed by atoms with Crippen LogP contribution >= 0.6 is 0 Å². The van der Waals surface area contributed by atoms with Crippen LogP contribution in [0.1, 0.15) is 142 Å². The van der Waals surface area contributed by atoms with E-state index in [9.17, 15) is 9.59 Å². The monoisotopic (exact) mass is 540 g/mol. The molecule has 6 heteroatoms. The Morgan fingerprint density at radius 1 is 0.395 bits per heavy atom. The van der Waals surface area contributed by atoms with Gasteiger partial charge in [-0.2, -0.15) is 0 Å². The average molecular weight is 541 g/mol. The Hall–Kier alpha value is -1.40. The Labute approximate surface area is 234 Å². The number of carbonyl (C=O) groups excluding carboxylic acids is 2. The summed E-state index contributed by atoms with van der Waals surface area (Å²) < 4.78 is 21.1. The third kappa shape index (κ3) is 30.8. The second-order valence-corrected chi connectivity index (χ2v) is 10.3. The first-order valence-electron chi connectivity index (χ1n) is 15.9. The van der Waals surface area contributed by atoms with E-state index in [0.717, 1.165) is 25.0 Å². The van der Waals surface area contributed by atoms with Crippen molar-refractivity contribution < 1.29 is 28.5 Å². The molecule has 0 atom stereocenters. The van der Waals surface area contributed by atoms with Gasteiger partial charge in [-0.3, -0.25) is 0 Å². The van der Waals surface area contributed by atoms with E-state index in [1.54, 1.807) is 0 Å². The topological polar surface area (TPSA) is 71.1 Å². The molecule has 0 aromatic carbocycles. The van der Waals surface area contributed by atoms with Crippen molar-refractivity contribution in [3.8, 4) is 0 Å². The van der Waals surface area contributed by atoms with Crippen LogP contribution in [-0.4, -0.2) is 51.6 Å². The lowest BCUT2D eigenvalue weighted by molar-refractivity contribution is -0.142. The molecule has 6 nitrogen and oxygen atoms in total. The van der Waals surface area contributed by atoms with E-state index in [2.05, 4.69) is 13.8 Å². The van der Waals surface area contributed by atoms with E-state index in [1.807, 2.05) is 0 Å². The van der Waals surface area contributed by atoms with E-state index in [4.69, 9.17) is 18.9 Å². The van der Waals surface area contributed by atoms with Crippen molar-refractivity contribution >= 4 is 11.9 Å². The third-order valence-electron chi connectivity index (χ3n) is 6.58. The van der Waals surface area contributed by atoms with Crippen LogP contribution in [0.3, 0.4) is 0 Å². The molecule has 0 radical (unpaired) electrons. The van der Waals surface area contributed by atoms with Crippen LogP contribution in [0, 0.1) is 0 Å². The lowest BCUT2D eigenvalue weighted by Gasteiger charge is -2.06. The quantitative estimate of drug-likeness (QED) is 0.0517. The maximum Gasteiger partial charge on any atom is 0.331 e. The number of ether oxygens (including phenoxy) is 4. The highest BCUT2D eigenvalue weighted by molar-refractivity contribution is 5.91. The Bertz CT molecular complexity index is 488. The fraction of sp³-hybridized carbons (Fsp3) is 0.875. The zero-order valence-electron chi connectivity index (χ0n) is 25.0. The third-order valence-corrected chi connectivity index (χ3v) is 6.58. The highest BCUT2D eigenvalue weighted by Gasteiger charge is 2.02. The predicted octanol–water partition coefficient (Wildman–Crippen LogP) is 8.50. The molecule has 38 heavy (non-hydrogen) atoms. The molecule has 0 bridgehead atoms. The number of unbranched alkanes of at least 4 members (excludes halogenated alkanes) is 18. The van der Waals surface area contributed by atoms with Crippen molar-refractivity contribution in [3.63, 3.8) is 0 Å². The summed E-state index contributed by atoms with van der Waals surface area (Å²) in [6.07, 6.45) is 28.0. The first kappa shape index (κ1) is 36.6. The van der Waals surface area contributed by atoms with Gasteiger partial charge < -0.3 is 18.9 Å². The molecule has 0 aromatic heterocycles. The Morgan fingerprint density at radius 2 is 0.684 bits per heavy atom. The van der Waals surface area contributed by atoms with Gasteiger partial charge in [-0.15, -0.1) is 0 Å². The van der Waals surface area contributed by atoms with Gasteiger partial charge in [0.2, 0.25) is 0 Å². The predicted molar refractivity (Wildman–Crippen MR) is 156 cm³/mol. The molecule has 0 aromatic rings. The zero-order valence-corrected chi connectivity index (χ0v) is 25.0. The SMILES string of the molecule is CCCCCCCCCCCCOCCOC(=O)/C=C/C(=O)OCCOCCCCCCCCCCCC. The van der Waals surface area contributed by atoms with Crippen LogP contribution in [-0.2, 0) is 28.5 Å². The van der Waals surface area contributed by atoms with E-state index < -0.39 is 11.9 Å². The van der Waals surface area contributed by atoms with Gasteiger partial charge in [0, 0.05) is 25.4 Å². The molecule has 0 aliphatic rings. The van der Waals surface area contributed by atoms with E-state index in [1.165, 1.54) is 116 Å². The summed E-state index contributed by atoms with van der Waals surface area (Å²) in [4.78, 5) is 23.3. The van der Waals surface area contributed by atoms with Crippen LogP contribution in [0.4, 0.5) is 0 Å². The van der Waals surface area contributed by atoms with E-state index in [-0.39, 0.29) is 13.2 Å². The molecule has 0 saturated carbocycles. The fourth-order valence-corrected chi connectivity index (χ4v) is 4.22. The first-order chi connectivity index (χ1) is 18.7. The maximum absolute atomic E-state index is 11.7. The molecular formula is C32H60O6. The summed E-state index contributed by atoms with van der Waals surface area (Å²) in [5, 5.41) is 0. The van der Waals surface area contributed by atoms with Crippen LogP contribution in [0.5, 0.6) is 0 Å². The van der Waals surface area contributed by atoms with Gasteiger partial charge in [-0.25, -0.2) is 9.59 Å². The van der Waals surface area contributed by atoms with Gasteiger partial charge >= 0.3 is 11.9 Å². The summed E-state index contributed by atoms with van der Waals surface area (Å²) in [5.41, 5.74) is 0. The van der Waals surface area contributed by atoms with E-state index in [0.29, 0.717) is 26.4 Å². The molecule has 0 amide bonds. The average Bonchev–Trinajstić information content (AvgIpc) is 2.92. The summed E-state index contributed by atoms with van der Waals surface area (Å²) >= 11 is 0. The van der Waals surface area contributed by atoms with Gasteiger partial charge in [0.05, 0.1) is 13.2 Å². The highest BCUT2D eigenvalue weighted by Crippen LogP contribution is 2.11. The van der Waals surface area contributed by atoms with Crippen LogP contribution in [0.15, 0.2) is 12.2 Å². The van der Waals surface area contributed by atoms with Gasteiger partial charge in [-0.1, -0.05) is 129 Å². The minimum absolute atomic E-state index is 0.183. The molecule has 0 fully saturated rings. The molecule has 0 unspecified atom stereocenters. The summed E-state index contributed by atoms with van der Waals surface area (Å²) in [6.45, 7) is 7.00. The number of rotatable bonds is 30. The standard InChI is InChI=1S/C32H60O6/c1-3-5-7-9-11-13-15-17-19-21-25-35-27-29-37-31(33)23-24-32(34)38-30-28-36-26-22-20-18-16-14-12-10-8-6-4-2/h23-24H,3-22,25-30H2,1-2H3/b24-23+. The minimum atomic E-state index is -0.568. The maximum atomic E-state index is 11.7.